The van der Waals surface area contributed by atoms with Crippen LogP contribution in [0.2, 0.25) is 0 Å². The summed E-state index contributed by atoms with van der Waals surface area (Å²) < 4.78 is 0. The second-order valence-corrected chi connectivity index (χ2v) is 2.90. The van der Waals surface area contributed by atoms with Crippen LogP contribution >= 0.6 is 0 Å². The average molecular weight is 182 g/mol. The Kier molecular flexibility index (Phi) is 2.55. The van der Waals surface area contributed by atoms with Crippen LogP contribution in [0.3, 0.4) is 0 Å². The lowest BCUT2D eigenvalue weighted by molar-refractivity contribution is -0.139. The Bertz CT molecular complexity index is 317. The van der Waals surface area contributed by atoms with E-state index in [1.807, 2.05) is 0 Å². The van der Waals surface area contributed by atoms with Gasteiger partial charge in [-0.05, 0) is 13.8 Å². The minimum Gasteiger partial charge on any atom is -0.481 e. The van der Waals surface area contributed by atoms with Gasteiger partial charge in [-0.15, -0.1) is 0 Å². The Morgan fingerprint density at radius 2 is 2.08 bits per heavy atom. The predicted molar refractivity (Wildman–Crippen MR) is 47.0 cm³/mol. The number of aliphatic imine (C=N–C) groups is 2. The lowest BCUT2D eigenvalue weighted by Gasteiger charge is -2.14. The Balaban J connectivity index is 2.84. The molecule has 0 radical (unpaired) electrons. The molecule has 0 aliphatic carbocycles. The van der Waals surface area contributed by atoms with E-state index in [-0.39, 0.29) is 6.42 Å². The fraction of sp³-hybridized carbons (Fsp3) is 0.500. The molecule has 0 bridgehead atoms. The Hall–Kier alpha value is -1.52. The van der Waals surface area contributed by atoms with Crippen molar-refractivity contribution in [3.05, 3.63) is 0 Å². The molecule has 1 rings (SSSR count). The maximum absolute atomic E-state index is 11.2. The summed E-state index contributed by atoms with van der Waals surface area (Å²) in [6.45, 7) is 3.25. The summed E-state index contributed by atoms with van der Waals surface area (Å²) in [5.74, 6) is -1.71. The van der Waals surface area contributed by atoms with Crippen molar-refractivity contribution in [2.75, 3.05) is 0 Å². The number of amides is 1. The Morgan fingerprint density at radius 3 is 2.54 bits per heavy atom. The summed E-state index contributed by atoms with van der Waals surface area (Å²) >= 11 is 0. The molecule has 1 N–H and O–H groups in total. The Labute approximate surface area is 75.2 Å². The minimum absolute atomic E-state index is 0.231. The molecule has 0 aromatic rings. The van der Waals surface area contributed by atoms with E-state index < -0.39 is 17.8 Å². The maximum atomic E-state index is 11.2. The van der Waals surface area contributed by atoms with Gasteiger partial charge in [-0.25, -0.2) is 4.99 Å². The molecule has 1 amide bonds. The number of carbonyl (C=O) groups excluding carboxylic acids is 1. The molecule has 1 unspecified atom stereocenters. The van der Waals surface area contributed by atoms with Gasteiger partial charge in [0.25, 0.3) is 5.91 Å². The standard InChI is InChI=1S/C8H10N2O3/c1-4-6(3-7(11)12)8(13)10-5(2)9-4/h6H,3H2,1-2H3,(H,11,12). The molecule has 1 heterocycles. The molecule has 1 aliphatic heterocycles. The summed E-state index contributed by atoms with van der Waals surface area (Å²) in [5, 5.41) is 8.51. The van der Waals surface area contributed by atoms with Crippen molar-refractivity contribution in [2.24, 2.45) is 15.9 Å². The highest BCUT2D eigenvalue weighted by Gasteiger charge is 2.27. The van der Waals surface area contributed by atoms with Gasteiger partial charge in [0.1, 0.15) is 5.84 Å². The number of hydrogen-bond acceptors (Lipinski definition) is 3. The summed E-state index contributed by atoms with van der Waals surface area (Å²) in [6.07, 6.45) is -0.231. The van der Waals surface area contributed by atoms with E-state index in [2.05, 4.69) is 9.98 Å². The van der Waals surface area contributed by atoms with E-state index >= 15 is 0 Å². The molecule has 0 aromatic heterocycles. The first kappa shape index (κ1) is 9.57. The lowest BCUT2D eigenvalue weighted by Crippen LogP contribution is -2.28. The fourth-order valence-electron chi connectivity index (χ4n) is 1.18. The van der Waals surface area contributed by atoms with Gasteiger partial charge in [-0.2, -0.15) is 4.99 Å². The van der Waals surface area contributed by atoms with Gasteiger partial charge in [0.05, 0.1) is 12.3 Å². The second kappa shape index (κ2) is 3.47. The smallest absolute Gasteiger partial charge is 0.304 e. The van der Waals surface area contributed by atoms with E-state index in [0.29, 0.717) is 11.5 Å². The van der Waals surface area contributed by atoms with Crippen molar-refractivity contribution < 1.29 is 14.7 Å². The minimum atomic E-state index is -1.01. The van der Waals surface area contributed by atoms with Crippen LogP contribution in [0.4, 0.5) is 0 Å². The van der Waals surface area contributed by atoms with E-state index in [0.717, 1.165) is 0 Å². The van der Waals surface area contributed by atoms with Crippen LogP contribution in [0, 0.1) is 5.92 Å². The highest BCUT2D eigenvalue weighted by atomic mass is 16.4. The van der Waals surface area contributed by atoms with E-state index in [9.17, 15) is 9.59 Å². The normalized spacial score (nSPS) is 22.3. The number of hydrogen-bond donors (Lipinski definition) is 1. The van der Waals surface area contributed by atoms with Crippen LogP contribution in [0.25, 0.3) is 0 Å². The summed E-state index contributed by atoms with van der Waals surface area (Å²) in [4.78, 5) is 29.1. The van der Waals surface area contributed by atoms with Crippen molar-refractivity contribution >= 4 is 23.4 Å². The van der Waals surface area contributed by atoms with Gasteiger partial charge < -0.3 is 5.11 Å². The van der Waals surface area contributed by atoms with Crippen molar-refractivity contribution in [1.82, 2.24) is 0 Å². The number of rotatable bonds is 2. The Morgan fingerprint density at radius 1 is 1.46 bits per heavy atom. The zero-order valence-electron chi connectivity index (χ0n) is 7.44. The number of carbonyl (C=O) groups is 2. The van der Waals surface area contributed by atoms with Crippen molar-refractivity contribution in [3.63, 3.8) is 0 Å². The molecule has 70 valence electrons. The van der Waals surface area contributed by atoms with Crippen molar-refractivity contribution in [2.45, 2.75) is 20.3 Å². The molecule has 0 spiro atoms. The second-order valence-electron chi connectivity index (χ2n) is 2.90. The number of amidine groups is 1. The van der Waals surface area contributed by atoms with Gasteiger partial charge in [0.2, 0.25) is 0 Å². The van der Waals surface area contributed by atoms with E-state index in [1.54, 1.807) is 13.8 Å². The summed E-state index contributed by atoms with van der Waals surface area (Å²) in [5.41, 5.74) is 0.528. The molecule has 1 atom stereocenters. The molecule has 5 heteroatoms. The predicted octanol–water partition coefficient (Wildman–Crippen LogP) is 0.497. The van der Waals surface area contributed by atoms with Gasteiger partial charge in [0, 0.05) is 5.71 Å². The highest BCUT2D eigenvalue weighted by Crippen LogP contribution is 2.13. The van der Waals surface area contributed by atoms with Gasteiger partial charge in [-0.3, -0.25) is 9.59 Å². The lowest BCUT2D eigenvalue weighted by atomic mass is 9.98. The van der Waals surface area contributed by atoms with Crippen LogP contribution < -0.4 is 0 Å². The number of carboxylic acids is 1. The van der Waals surface area contributed by atoms with Crippen LogP contribution in [-0.2, 0) is 9.59 Å². The third kappa shape index (κ3) is 2.21. The van der Waals surface area contributed by atoms with E-state index in [4.69, 9.17) is 5.11 Å². The number of aliphatic carboxylic acids is 1. The monoisotopic (exact) mass is 182 g/mol. The maximum Gasteiger partial charge on any atom is 0.304 e. The van der Waals surface area contributed by atoms with Crippen LogP contribution in [-0.4, -0.2) is 28.5 Å². The van der Waals surface area contributed by atoms with Crippen molar-refractivity contribution in [1.29, 1.82) is 0 Å². The van der Waals surface area contributed by atoms with Crippen LogP contribution in [0.15, 0.2) is 9.98 Å². The SMILES string of the molecule is CC1=NC(=O)C(CC(=O)O)C(C)=N1. The average Bonchev–Trinajstić information content (AvgIpc) is 1.96. The largest absolute Gasteiger partial charge is 0.481 e. The summed E-state index contributed by atoms with van der Waals surface area (Å²) in [7, 11) is 0. The van der Waals surface area contributed by atoms with Crippen LogP contribution in [0.5, 0.6) is 0 Å². The molecule has 13 heavy (non-hydrogen) atoms. The number of nitrogens with zero attached hydrogens (tertiary/aromatic N) is 2. The highest BCUT2D eigenvalue weighted by molar-refractivity contribution is 6.15. The first-order valence-corrected chi connectivity index (χ1v) is 3.87. The van der Waals surface area contributed by atoms with Gasteiger partial charge >= 0.3 is 5.97 Å². The fourth-order valence-corrected chi connectivity index (χ4v) is 1.18. The molecule has 5 nitrogen and oxygen atoms in total. The van der Waals surface area contributed by atoms with Gasteiger partial charge in [-0.1, -0.05) is 0 Å². The first-order chi connectivity index (χ1) is 6.00. The topological polar surface area (TPSA) is 79.1 Å². The number of carboxylic acid groups (broad SMARTS) is 1. The molecule has 0 saturated carbocycles. The summed E-state index contributed by atoms with van der Waals surface area (Å²) in [6, 6.07) is 0. The molecule has 0 fully saturated rings. The zero-order valence-corrected chi connectivity index (χ0v) is 7.44. The molecule has 1 aliphatic rings. The zero-order chi connectivity index (χ0) is 10.0. The van der Waals surface area contributed by atoms with Crippen molar-refractivity contribution in [3.8, 4) is 0 Å². The van der Waals surface area contributed by atoms with E-state index in [1.165, 1.54) is 0 Å². The first-order valence-electron chi connectivity index (χ1n) is 3.87. The molecule has 0 saturated heterocycles. The van der Waals surface area contributed by atoms with Crippen LogP contribution in [0.1, 0.15) is 20.3 Å². The quantitative estimate of drug-likeness (QED) is 0.675. The van der Waals surface area contributed by atoms with Gasteiger partial charge in [0.15, 0.2) is 0 Å². The third-order valence-corrected chi connectivity index (χ3v) is 1.79. The molecular formula is C8H10N2O3. The molecule has 0 aromatic carbocycles. The third-order valence-electron chi connectivity index (χ3n) is 1.79. The molecular weight excluding hydrogens is 172 g/mol.